The van der Waals surface area contributed by atoms with Gasteiger partial charge in [-0.3, -0.25) is 9.69 Å². The van der Waals surface area contributed by atoms with E-state index in [1.54, 1.807) is 0 Å². The normalized spacial score (nSPS) is 15.9. The molecular formula is C21H25BrN2O3. The molecule has 0 saturated carbocycles. The summed E-state index contributed by atoms with van der Waals surface area (Å²) in [6.45, 7) is 5.81. The van der Waals surface area contributed by atoms with Crippen molar-refractivity contribution in [3.8, 4) is 5.75 Å². The van der Waals surface area contributed by atoms with Gasteiger partial charge in [-0.15, -0.1) is 0 Å². The zero-order valence-corrected chi connectivity index (χ0v) is 17.1. The maximum atomic E-state index is 12.3. The van der Waals surface area contributed by atoms with Crippen LogP contribution in [0.15, 0.2) is 53.0 Å². The van der Waals surface area contributed by atoms with Crippen LogP contribution < -0.4 is 10.1 Å². The highest BCUT2D eigenvalue weighted by molar-refractivity contribution is 9.10. The van der Waals surface area contributed by atoms with Gasteiger partial charge in [0.25, 0.3) is 5.91 Å². The molecule has 1 amide bonds. The number of benzene rings is 2. The van der Waals surface area contributed by atoms with Gasteiger partial charge in [0.15, 0.2) is 6.61 Å². The number of ether oxygens (including phenoxy) is 2. The molecule has 1 aliphatic heterocycles. The van der Waals surface area contributed by atoms with E-state index in [1.165, 1.54) is 11.1 Å². The van der Waals surface area contributed by atoms with E-state index in [4.69, 9.17) is 9.47 Å². The summed E-state index contributed by atoms with van der Waals surface area (Å²) in [6.07, 6.45) is 0. The highest BCUT2D eigenvalue weighted by atomic mass is 79.9. The summed E-state index contributed by atoms with van der Waals surface area (Å²) in [5.74, 6) is 0.555. The maximum Gasteiger partial charge on any atom is 0.258 e. The van der Waals surface area contributed by atoms with Crippen LogP contribution in [0.4, 0.5) is 0 Å². The molecule has 1 aliphatic rings. The number of carbonyl (C=O) groups is 1. The Morgan fingerprint density at radius 2 is 1.81 bits per heavy atom. The Kier molecular flexibility index (Phi) is 7.26. The topological polar surface area (TPSA) is 50.8 Å². The lowest BCUT2D eigenvalue weighted by atomic mass is 10.0. The van der Waals surface area contributed by atoms with E-state index < -0.39 is 0 Å². The maximum absolute atomic E-state index is 12.3. The third kappa shape index (κ3) is 6.06. The van der Waals surface area contributed by atoms with Crippen LogP contribution in [0, 0.1) is 6.92 Å². The van der Waals surface area contributed by atoms with Gasteiger partial charge in [0.2, 0.25) is 0 Å². The van der Waals surface area contributed by atoms with Crippen LogP contribution in [0.1, 0.15) is 17.2 Å². The van der Waals surface area contributed by atoms with Gasteiger partial charge in [-0.25, -0.2) is 0 Å². The van der Waals surface area contributed by atoms with Crippen molar-refractivity contribution in [2.24, 2.45) is 0 Å². The summed E-state index contributed by atoms with van der Waals surface area (Å²) in [7, 11) is 0. The van der Waals surface area contributed by atoms with Crippen molar-refractivity contribution in [1.82, 2.24) is 10.2 Å². The van der Waals surface area contributed by atoms with E-state index in [1.807, 2.05) is 24.3 Å². The largest absolute Gasteiger partial charge is 0.484 e. The number of morpholine rings is 1. The van der Waals surface area contributed by atoms with Crippen LogP contribution in [-0.4, -0.2) is 50.3 Å². The average Bonchev–Trinajstić information content (AvgIpc) is 2.70. The van der Waals surface area contributed by atoms with Crippen LogP contribution in [0.3, 0.4) is 0 Å². The molecule has 0 spiro atoms. The van der Waals surface area contributed by atoms with E-state index >= 15 is 0 Å². The van der Waals surface area contributed by atoms with Crippen molar-refractivity contribution in [1.29, 1.82) is 0 Å². The van der Waals surface area contributed by atoms with Crippen LogP contribution >= 0.6 is 15.9 Å². The number of nitrogens with one attached hydrogen (secondary N) is 1. The van der Waals surface area contributed by atoms with E-state index in [9.17, 15) is 4.79 Å². The second-order valence-corrected chi connectivity index (χ2v) is 7.54. The van der Waals surface area contributed by atoms with Gasteiger partial charge in [0.05, 0.1) is 19.3 Å². The zero-order valence-electron chi connectivity index (χ0n) is 15.5. The molecule has 2 aromatic rings. The second kappa shape index (κ2) is 9.88. The third-order valence-corrected chi connectivity index (χ3v) is 5.15. The van der Waals surface area contributed by atoms with Crippen molar-refractivity contribution in [2.75, 3.05) is 39.5 Å². The van der Waals surface area contributed by atoms with Gasteiger partial charge in [-0.1, -0.05) is 45.8 Å². The summed E-state index contributed by atoms with van der Waals surface area (Å²) < 4.78 is 12.0. The van der Waals surface area contributed by atoms with E-state index in [0.29, 0.717) is 12.3 Å². The predicted octanol–water partition coefficient (Wildman–Crippen LogP) is 3.33. The number of aryl methyl sites for hydroxylation is 1. The van der Waals surface area contributed by atoms with Crippen LogP contribution in [-0.2, 0) is 9.53 Å². The summed E-state index contributed by atoms with van der Waals surface area (Å²) >= 11 is 3.38. The van der Waals surface area contributed by atoms with Gasteiger partial charge in [-0.2, -0.15) is 0 Å². The first-order valence-corrected chi connectivity index (χ1v) is 9.94. The van der Waals surface area contributed by atoms with Crippen molar-refractivity contribution < 1.29 is 14.3 Å². The molecule has 1 heterocycles. The summed E-state index contributed by atoms with van der Waals surface area (Å²) in [5.41, 5.74) is 2.43. The lowest BCUT2D eigenvalue weighted by molar-refractivity contribution is -0.123. The van der Waals surface area contributed by atoms with Gasteiger partial charge < -0.3 is 14.8 Å². The summed E-state index contributed by atoms with van der Waals surface area (Å²) in [5, 5.41) is 3.02. The van der Waals surface area contributed by atoms with Crippen LogP contribution in [0.5, 0.6) is 5.75 Å². The minimum Gasteiger partial charge on any atom is -0.484 e. The first-order valence-electron chi connectivity index (χ1n) is 9.15. The molecule has 2 aromatic carbocycles. The standard InChI is InChI=1S/C21H25BrN2O3/c1-16-2-4-17(5-3-16)20(24-10-12-26-13-11-24)14-23-21(25)15-27-19-8-6-18(22)7-9-19/h2-9,20H,10-15H2,1H3,(H,23,25). The zero-order chi connectivity index (χ0) is 19.1. The highest BCUT2D eigenvalue weighted by Gasteiger charge is 2.23. The average molecular weight is 433 g/mol. The Morgan fingerprint density at radius 3 is 2.48 bits per heavy atom. The van der Waals surface area contributed by atoms with E-state index in [2.05, 4.69) is 57.3 Å². The fourth-order valence-electron chi connectivity index (χ4n) is 3.08. The van der Waals surface area contributed by atoms with Gasteiger partial charge >= 0.3 is 0 Å². The molecule has 144 valence electrons. The highest BCUT2D eigenvalue weighted by Crippen LogP contribution is 2.22. The number of rotatable bonds is 7. The minimum atomic E-state index is -0.122. The quantitative estimate of drug-likeness (QED) is 0.728. The Balaban J connectivity index is 1.57. The number of carbonyl (C=O) groups excluding carboxylic acids is 1. The first-order chi connectivity index (χ1) is 13.1. The Morgan fingerprint density at radius 1 is 1.15 bits per heavy atom. The van der Waals surface area contributed by atoms with Gasteiger partial charge in [-0.05, 0) is 36.8 Å². The number of amides is 1. The van der Waals surface area contributed by atoms with Gasteiger partial charge in [0, 0.05) is 24.1 Å². The molecular weight excluding hydrogens is 408 g/mol. The lowest BCUT2D eigenvalue weighted by Gasteiger charge is -2.35. The molecule has 1 unspecified atom stereocenters. The molecule has 6 heteroatoms. The molecule has 27 heavy (non-hydrogen) atoms. The molecule has 3 rings (SSSR count). The van der Waals surface area contributed by atoms with E-state index in [-0.39, 0.29) is 18.6 Å². The molecule has 1 atom stereocenters. The number of hydrogen-bond acceptors (Lipinski definition) is 4. The molecule has 0 aliphatic carbocycles. The Hall–Kier alpha value is -1.89. The Bertz CT molecular complexity index is 728. The van der Waals surface area contributed by atoms with Crippen molar-refractivity contribution in [3.63, 3.8) is 0 Å². The number of hydrogen-bond donors (Lipinski definition) is 1. The second-order valence-electron chi connectivity index (χ2n) is 6.62. The Labute approximate surface area is 168 Å². The van der Waals surface area contributed by atoms with Crippen molar-refractivity contribution in [2.45, 2.75) is 13.0 Å². The van der Waals surface area contributed by atoms with Crippen molar-refractivity contribution >= 4 is 21.8 Å². The predicted molar refractivity (Wildman–Crippen MR) is 109 cm³/mol. The van der Waals surface area contributed by atoms with E-state index in [0.717, 1.165) is 30.8 Å². The van der Waals surface area contributed by atoms with Crippen LogP contribution in [0.2, 0.25) is 0 Å². The molecule has 0 aromatic heterocycles. The third-order valence-electron chi connectivity index (χ3n) is 4.62. The molecule has 5 nitrogen and oxygen atoms in total. The summed E-state index contributed by atoms with van der Waals surface area (Å²) in [4.78, 5) is 14.6. The molecule has 0 bridgehead atoms. The molecule has 1 N–H and O–H groups in total. The SMILES string of the molecule is Cc1ccc(C(CNC(=O)COc2ccc(Br)cc2)N2CCOCC2)cc1. The fourth-order valence-corrected chi connectivity index (χ4v) is 3.34. The minimum absolute atomic E-state index is 0.00532. The number of nitrogens with zero attached hydrogens (tertiary/aromatic N) is 1. The molecule has 1 saturated heterocycles. The van der Waals surface area contributed by atoms with Gasteiger partial charge in [0.1, 0.15) is 5.75 Å². The smallest absolute Gasteiger partial charge is 0.258 e. The van der Waals surface area contributed by atoms with Crippen LogP contribution in [0.25, 0.3) is 0 Å². The number of halogens is 1. The summed E-state index contributed by atoms with van der Waals surface area (Å²) in [6, 6.07) is 16.1. The molecule has 0 radical (unpaired) electrons. The monoisotopic (exact) mass is 432 g/mol. The fraction of sp³-hybridized carbons (Fsp3) is 0.381. The lowest BCUT2D eigenvalue weighted by Crippen LogP contribution is -2.44. The molecule has 1 fully saturated rings. The first kappa shape index (κ1) is 19.9. The van der Waals surface area contributed by atoms with Crippen molar-refractivity contribution in [3.05, 3.63) is 64.1 Å².